The normalized spacial score (nSPS) is 19.0. The maximum atomic E-state index is 15.0. The molecule has 0 spiro atoms. The van der Waals surface area contributed by atoms with E-state index < -0.39 is 0 Å². The first-order valence-electron chi connectivity index (χ1n) is 10.00. The van der Waals surface area contributed by atoms with E-state index in [-0.39, 0.29) is 18.3 Å². The number of allylic oxidation sites excluding steroid dienone is 2. The lowest BCUT2D eigenvalue weighted by molar-refractivity contribution is 0.146. The van der Waals surface area contributed by atoms with Crippen molar-refractivity contribution in [1.29, 1.82) is 0 Å². The van der Waals surface area contributed by atoms with Gasteiger partial charge in [0, 0.05) is 24.2 Å². The molecule has 3 nitrogen and oxygen atoms in total. The van der Waals surface area contributed by atoms with Crippen LogP contribution in [0.3, 0.4) is 0 Å². The van der Waals surface area contributed by atoms with Gasteiger partial charge in [0.1, 0.15) is 18.2 Å². The molecule has 0 radical (unpaired) electrons. The third-order valence-corrected chi connectivity index (χ3v) is 5.47. The number of halogens is 1. The number of hydrogen-bond acceptors (Lipinski definition) is 3. The molecule has 0 fully saturated rings. The summed E-state index contributed by atoms with van der Waals surface area (Å²) in [6.45, 7) is 2.92. The average molecular weight is 384 g/mol. The molecule has 2 aromatic carbocycles. The van der Waals surface area contributed by atoms with Gasteiger partial charge < -0.3 is 14.6 Å². The van der Waals surface area contributed by atoms with E-state index in [2.05, 4.69) is 19.1 Å². The molecule has 2 aromatic rings. The van der Waals surface area contributed by atoms with E-state index in [0.717, 1.165) is 30.4 Å². The van der Waals surface area contributed by atoms with Crippen molar-refractivity contribution in [3.63, 3.8) is 0 Å². The number of hydrogen-bond donors (Lipinski definition) is 1. The van der Waals surface area contributed by atoms with Crippen molar-refractivity contribution in [2.45, 2.75) is 38.7 Å². The average Bonchev–Trinajstić information content (AvgIpc) is 2.74. The Balaban J connectivity index is 1.87. The minimum absolute atomic E-state index is 0.0882. The van der Waals surface area contributed by atoms with Crippen molar-refractivity contribution in [3.05, 3.63) is 65.5 Å². The third kappa shape index (κ3) is 4.81. The molecule has 0 heterocycles. The van der Waals surface area contributed by atoms with E-state index in [1.165, 1.54) is 0 Å². The number of aliphatic hydroxyl groups is 1. The topological polar surface area (TPSA) is 38.7 Å². The zero-order valence-corrected chi connectivity index (χ0v) is 16.7. The number of benzene rings is 2. The third-order valence-electron chi connectivity index (χ3n) is 5.47. The van der Waals surface area contributed by atoms with Gasteiger partial charge in [-0.3, -0.25) is 0 Å². The Bertz CT molecular complexity index is 815. The van der Waals surface area contributed by atoms with Crippen molar-refractivity contribution < 1.29 is 19.0 Å². The van der Waals surface area contributed by atoms with Crippen LogP contribution in [0.2, 0.25) is 0 Å². The zero-order chi connectivity index (χ0) is 19.9. The smallest absolute Gasteiger partial charge is 0.131 e. The number of aliphatic hydroxyl groups excluding tert-OH is 1. The Morgan fingerprint density at radius 1 is 1.04 bits per heavy atom. The lowest BCUT2D eigenvalue weighted by atomic mass is 9.83. The van der Waals surface area contributed by atoms with Crippen LogP contribution in [0.15, 0.2) is 48.6 Å². The van der Waals surface area contributed by atoms with Crippen molar-refractivity contribution in [3.8, 4) is 16.9 Å². The summed E-state index contributed by atoms with van der Waals surface area (Å²) in [6.07, 6.45) is 7.87. The first-order chi connectivity index (χ1) is 13.7. The molecular weight excluding hydrogens is 355 g/mol. The molecule has 1 aliphatic rings. The van der Waals surface area contributed by atoms with E-state index in [0.29, 0.717) is 36.0 Å². The molecule has 2 atom stereocenters. The van der Waals surface area contributed by atoms with Crippen LogP contribution in [-0.2, 0) is 11.3 Å². The van der Waals surface area contributed by atoms with Crippen molar-refractivity contribution in [2.24, 2.45) is 5.92 Å². The molecule has 4 heteroatoms. The van der Waals surface area contributed by atoms with Gasteiger partial charge in [-0.2, -0.15) is 0 Å². The molecule has 0 bridgehead atoms. The predicted octanol–water partition coefficient (Wildman–Crippen LogP) is 5.47. The molecule has 3 rings (SSSR count). The quantitative estimate of drug-likeness (QED) is 0.484. The number of ether oxygens (including phenoxy) is 2. The van der Waals surface area contributed by atoms with E-state index in [4.69, 9.17) is 9.47 Å². The minimum Gasteiger partial charge on any atom is -0.491 e. The Kier molecular flexibility index (Phi) is 7.24. The number of methoxy groups -OCH3 is 1. The second-order valence-electron chi connectivity index (χ2n) is 7.31. The molecule has 1 aliphatic carbocycles. The summed E-state index contributed by atoms with van der Waals surface area (Å²) in [5, 5.41) is 9.41. The molecule has 28 heavy (non-hydrogen) atoms. The highest BCUT2D eigenvalue weighted by Gasteiger charge is 2.19. The molecule has 0 saturated carbocycles. The molecule has 0 aromatic heterocycles. The molecule has 0 saturated heterocycles. The van der Waals surface area contributed by atoms with Crippen LogP contribution >= 0.6 is 0 Å². The van der Waals surface area contributed by atoms with Crippen LogP contribution in [0.4, 0.5) is 4.39 Å². The standard InChI is InChI=1S/C24H29FO3/c1-3-17-4-7-19(8-5-17)20-9-11-21(23(25)15-20)22-10-6-18(16-26)14-24(22)28-13-12-27-2/h4,6-7,9-11,14-15,17,19,26H,3,5,8,12-13,16H2,1-2H3. The summed E-state index contributed by atoms with van der Waals surface area (Å²) in [5.41, 5.74) is 2.93. The lowest BCUT2D eigenvalue weighted by Gasteiger charge is -2.22. The highest BCUT2D eigenvalue weighted by atomic mass is 19.1. The molecule has 1 N–H and O–H groups in total. The Morgan fingerprint density at radius 3 is 2.50 bits per heavy atom. The van der Waals surface area contributed by atoms with Gasteiger partial charge in [0.2, 0.25) is 0 Å². The summed E-state index contributed by atoms with van der Waals surface area (Å²) in [4.78, 5) is 0. The van der Waals surface area contributed by atoms with Crippen LogP contribution in [0, 0.1) is 11.7 Å². The Morgan fingerprint density at radius 2 is 1.86 bits per heavy atom. The van der Waals surface area contributed by atoms with Crippen LogP contribution in [-0.4, -0.2) is 25.4 Å². The van der Waals surface area contributed by atoms with E-state index in [1.54, 1.807) is 31.4 Å². The van der Waals surface area contributed by atoms with Crippen LogP contribution in [0.1, 0.15) is 43.2 Å². The maximum Gasteiger partial charge on any atom is 0.131 e. The molecule has 0 amide bonds. The summed E-state index contributed by atoms with van der Waals surface area (Å²) in [6, 6.07) is 10.8. The van der Waals surface area contributed by atoms with Gasteiger partial charge in [0.15, 0.2) is 0 Å². The van der Waals surface area contributed by atoms with Gasteiger partial charge in [-0.1, -0.05) is 43.3 Å². The summed E-state index contributed by atoms with van der Waals surface area (Å²) in [7, 11) is 1.61. The first kappa shape index (κ1) is 20.6. The molecule has 2 unspecified atom stereocenters. The van der Waals surface area contributed by atoms with Crippen LogP contribution in [0.25, 0.3) is 11.1 Å². The monoisotopic (exact) mass is 384 g/mol. The summed E-state index contributed by atoms with van der Waals surface area (Å²) >= 11 is 0. The second kappa shape index (κ2) is 9.85. The van der Waals surface area contributed by atoms with E-state index >= 15 is 4.39 Å². The fraction of sp³-hybridized carbons (Fsp3) is 0.417. The van der Waals surface area contributed by atoms with Gasteiger partial charge in [-0.15, -0.1) is 0 Å². The SMILES string of the molecule is CCC1C=CC(c2ccc(-c3ccc(CO)cc3OCCOC)c(F)c2)CC1. The highest BCUT2D eigenvalue weighted by Crippen LogP contribution is 2.36. The van der Waals surface area contributed by atoms with Crippen LogP contribution in [0.5, 0.6) is 5.75 Å². The fourth-order valence-corrected chi connectivity index (χ4v) is 3.72. The van der Waals surface area contributed by atoms with Crippen molar-refractivity contribution >= 4 is 0 Å². The predicted molar refractivity (Wildman–Crippen MR) is 110 cm³/mol. The van der Waals surface area contributed by atoms with Gasteiger partial charge in [-0.25, -0.2) is 4.39 Å². The van der Waals surface area contributed by atoms with Crippen molar-refractivity contribution in [1.82, 2.24) is 0 Å². The number of rotatable bonds is 8. The summed E-state index contributed by atoms with van der Waals surface area (Å²) in [5.74, 6) is 1.23. The molecular formula is C24H29FO3. The van der Waals surface area contributed by atoms with E-state index in [1.807, 2.05) is 12.1 Å². The van der Waals surface area contributed by atoms with Gasteiger partial charge >= 0.3 is 0 Å². The fourth-order valence-electron chi connectivity index (χ4n) is 3.72. The highest BCUT2D eigenvalue weighted by molar-refractivity contribution is 5.72. The first-order valence-corrected chi connectivity index (χ1v) is 10.00. The van der Waals surface area contributed by atoms with Crippen molar-refractivity contribution in [2.75, 3.05) is 20.3 Å². The van der Waals surface area contributed by atoms with Gasteiger partial charge in [-0.05, 0) is 48.4 Å². The molecule has 150 valence electrons. The second-order valence-corrected chi connectivity index (χ2v) is 7.31. The van der Waals surface area contributed by atoms with E-state index in [9.17, 15) is 5.11 Å². The van der Waals surface area contributed by atoms with Gasteiger partial charge in [0.05, 0.1) is 13.2 Å². The zero-order valence-electron chi connectivity index (χ0n) is 16.7. The Hall–Kier alpha value is -2.17. The van der Waals surface area contributed by atoms with Gasteiger partial charge in [0.25, 0.3) is 0 Å². The van der Waals surface area contributed by atoms with Crippen LogP contribution < -0.4 is 4.74 Å². The summed E-state index contributed by atoms with van der Waals surface area (Å²) < 4.78 is 25.8. The Labute approximate surface area is 166 Å². The largest absolute Gasteiger partial charge is 0.491 e. The minimum atomic E-state index is -0.253. The molecule has 0 aliphatic heterocycles. The lowest BCUT2D eigenvalue weighted by Crippen LogP contribution is -2.07. The maximum absolute atomic E-state index is 15.0.